The summed E-state index contributed by atoms with van der Waals surface area (Å²) in [5.41, 5.74) is 0.803. The molecule has 0 spiro atoms. The molecule has 150 valence electrons. The van der Waals surface area contributed by atoms with Crippen molar-refractivity contribution >= 4 is 5.97 Å². The van der Waals surface area contributed by atoms with Crippen molar-refractivity contribution in [1.82, 2.24) is 4.90 Å². The Labute approximate surface area is 161 Å². The second-order valence-electron chi connectivity index (χ2n) is 7.62. The summed E-state index contributed by atoms with van der Waals surface area (Å²) in [6.07, 6.45) is 4.30. The third-order valence-electron chi connectivity index (χ3n) is 5.84. The van der Waals surface area contributed by atoms with E-state index < -0.39 is 5.92 Å². The van der Waals surface area contributed by atoms with E-state index in [1.54, 1.807) is 0 Å². The van der Waals surface area contributed by atoms with E-state index in [1.807, 2.05) is 30.3 Å². The van der Waals surface area contributed by atoms with E-state index in [0.29, 0.717) is 30.9 Å². The Morgan fingerprint density at radius 3 is 2.33 bits per heavy atom. The lowest BCUT2D eigenvalue weighted by molar-refractivity contribution is -0.156. The first-order valence-electron chi connectivity index (χ1n) is 9.95. The summed E-state index contributed by atoms with van der Waals surface area (Å²) in [5.74, 6) is -0.915. The number of morpholine rings is 1. The summed E-state index contributed by atoms with van der Waals surface area (Å²) in [7, 11) is 2.13. The zero-order valence-electron chi connectivity index (χ0n) is 16.2. The van der Waals surface area contributed by atoms with Crippen molar-refractivity contribution in [2.24, 2.45) is 0 Å². The molecule has 6 nitrogen and oxygen atoms in total. The zero-order chi connectivity index (χ0) is 19.4. The van der Waals surface area contributed by atoms with Gasteiger partial charge in [-0.25, -0.2) is 0 Å². The van der Waals surface area contributed by atoms with Crippen LogP contribution in [-0.2, 0) is 14.3 Å². The van der Waals surface area contributed by atoms with Crippen molar-refractivity contribution in [1.29, 1.82) is 0 Å². The van der Waals surface area contributed by atoms with Gasteiger partial charge >= 0.3 is 5.97 Å². The van der Waals surface area contributed by atoms with Crippen molar-refractivity contribution in [3.8, 4) is 0 Å². The number of aliphatic hydroxyl groups excluding tert-OH is 2. The Kier molecular flexibility index (Phi) is 6.87. The van der Waals surface area contributed by atoms with Crippen LogP contribution in [0.15, 0.2) is 30.3 Å². The highest BCUT2D eigenvalue weighted by molar-refractivity contribution is 5.78. The number of hydrogen-bond acceptors (Lipinski definition) is 6. The number of epoxide rings is 1. The van der Waals surface area contributed by atoms with Crippen LogP contribution in [0.1, 0.15) is 44.1 Å². The third kappa shape index (κ3) is 4.51. The molecule has 5 atom stereocenters. The number of piperidine rings is 1. The number of unbranched alkanes of at least 4 members (excludes halogenated alkanes) is 1. The minimum atomic E-state index is -0.593. The fourth-order valence-corrected chi connectivity index (χ4v) is 4.20. The monoisotopic (exact) mass is 377 g/mol. The van der Waals surface area contributed by atoms with Gasteiger partial charge in [-0.15, -0.1) is 0 Å². The average Bonchev–Trinajstić information content (AvgIpc) is 3.43. The maximum absolute atomic E-state index is 12.4. The Hall–Kier alpha value is -1.47. The van der Waals surface area contributed by atoms with Gasteiger partial charge in [0.2, 0.25) is 0 Å². The first-order chi connectivity index (χ1) is 13.1. The number of ether oxygens (including phenoxy) is 2. The highest BCUT2D eigenvalue weighted by Crippen LogP contribution is 2.48. The molecule has 4 rings (SSSR count). The first kappa shape index (κ1) is 20.3. The van der Waals surface area contributed by atoms with Crippen LogP contribution in [0.5, 0.6) is 0 Å². The molecule has 3 heterocycles. The Balaban J connectivity index is 0.000000376. The molecule has 3 fully saturated rings. The summed E-state index contributed by atoms with van der Waals surface area (Å²) in [4.78, 5) is 14.8. The van der Waals surface area contributed by atoms with Crippen LogP contribution in [0.2, 0.25) is 0 Å². The second-order valence-corrected chi connectivity index (χ2v) is 7.62. The standard InChI is InChI=1S/C17H21NO4.C4H10O/c1-18-13-7-11(8-14(18)16-15(13)22-16)21-17(20)12(9-19)10-5-3-2-4-6-10;1-2-3-4-5/h2-6,11-16,19H,7-9H2,1H3;5H,2-4H2,1H3. The molecule has 27 heavy (non-hydrogen) atoms. The molecule has 3 aliphatic heterocycles. The summed E-state index contributed by atoms with van der Waals surface area (Å²) in [5, 5.41) is 17.6. The van der Waals surface area contributed by atoms with Crippen LogP contribution >= 0.6 is 0 Å². The smallest absolute Gasteiger partial charge is 0.316 e. The molecule has 2 bridgehead atoms. The molecule has 5 unspecified atom stereocenters. The van der Waals surface area contributed by atoms with Gasteiger partial charge in [0, 0.05) is 31.5 Å². The van der Waals surface area contributed by atoms with Gasteiger partial charge in [0.15, 0.2) is 0 Å². The minimum Gasteiger partial charge on any atom is -0.462 e. The Bertz CT molecular complexity index is 590. The van der Waals surface area contributed by atoms with E-state index in [1.165, 1.54) is 0 Å². The van der Waals surface area contributed by atoms with Crippen LogP contribution in [-0.4, -0.2) is 71.7 Å². The lowest BCUT2D eigenvalue weighted by Crippen LogP contribution is -2.48. The number of likely N-dealkylation sites (N-methyl/N-ethyl adjacent to an activating group) is 1. The SMILES string of the molecule is CCCCO.CN1C2CC(OC(=O)C(CO)c3ccccc3)CC1C1OC12. The fourth-order valence-electron chi connectivity index (χ4n) is 4.20. The third-order valence-corrected chi connectivity index (χ3v) is 5.84. The van der Waals surface area contributed by atoms with E-state index in [9.17, 15) is 9.90 Å². The number of fused-ring (bicyclic) bond motifs is 5. The van der Waals surface area contributed by atoms with Crippen LogP contribution < -0.4 is 0 Å². The highest BCUT2D eigenvalue weighted by Gasteiger charge is 2.62. The number of esters is 1. The highest BCUT2D eigenvalue weighted by atomic mass is 16.6. The molecule has 1 aromatic rings. The van der Waals surface area contributed by atoms with Gasteiger partial charge in [0.05, 0.1) is 6.61 Å². The van der Waals surface area contributed by atoms with Gasteiger partial charge in [-0.1, -0.05) is 43.7 Å². The van der Waals surface area contributed by atoms with Crippen molar-refractivity contribution in [2.75, 3.05) is 20.3 Å². The predicted molar refractivity (Wildman–Crippen MR) is 101 cm³/mol. The Morgan fingerprint density at radius 1 is 1.22 bits per heavy atom. The van der Waals surface area contributed by atoms with Gasteiger partial charge in [0.1, 0.15) is 24.2 Å². The van der Waals surface area contributed by atoms with Crippen molar-refractivity contribution in [3.63, 3.8) is 0 Å². The number of carbonyl (C=O) groups excluding carboxylic acids is 1. The van der Waals surface area contributed by atoms with Gasteiger partial charge in [-0.05, 0) is 19.0 Å². The maximum Gasteiger partial charge on any atom is 0.316 e. The quantitative estimate of drug-likeness (QED) is 0.580. The molecular weight excluding hydrogens is 346 g/mol. The molecule has 0 amide bonds. The average molecular weight is 377 g/mol. The van der Waals surface area contributed by atoms with Crippen molar-refractivity contribution in [3.05, 3.63) is 35.9 Å². The molecule has 2 N–H and O–H groups in total. The normalized spacial score (nSPS) is 32.1. The minimum absolute atomic E-state index is 0.0622. The first-order valence-corrected chi connectivity index (χ1v) is 9.95. The molecule has 0 aliphatic carbocycles. The van der Waals surface area contributed by atoms with E-state index in [4.69, 9.17) is 14.6 Å². The number of carbonyl (C=O) groups is 1. The fraction of sp³-hybridized carbons (Fsp3) is 0.667. The van der Waals surface area contributed by atoms with Crippen molar-refractivity contribution < 1.29 is 24.5 Å². The lowest BCUT2D eigenvalue weighted by atomic mass is 9.97. The van der Waals surface area contributed by atoms with Crippen LogP contribution in [0, 0.1) is 0 Å². The topological polar surface area (TPSA) is 82.5 Å². The van der Waals surface area contributed by atoms with Crippen LogP contribution in [0.4, 0.5) is 0 Å². The molecule has 6 heteroatoms. The number of benzene rings is 1. The molecule has 3 aliphatic rings. The largest absolute Gasteiger partial charge is 0.462 e. The van der Waals surface area contributed by atoms with Crippen LogP contribution in [0.3, 0.4) is 0 Å². The van der Waals surface area contributed by atoms with Crippen LogP contribution in [0.25, 0.3) is 0 Å². The number of rotatable bonds is 6. The lowest BCUT2D eigenvalue weighted by Gasteiger charge is -2.38. The molecule has 0 aromatic heterocycles. The van der Waals surface area contributed by atoms with E-state index in [2.05, 4.69) is 18.9 Å². The molecule has 3 saturated heterocycles. The molecular formula is C21H31NO5. The van der Waals surface area contributed by atoms with Crippen molar-refractivity contribution in [2.45, 2.75) is 68.9 Å². The van der Waals surface area contributed by atoms with Gasteiger partial charge < -0.3 is 19.7 Å². The number of hydrogen-bond donors (Lipinski definition) is 2. The summed E-state index contributed by atoms with van der Waals surface area (Å²) in [6, 6.07) is 10.1. The van der Waals surface area contributed by atoms with E-state index in [-0.39, 0.29) is 18.7 Å². The zero-order valence-corrected chi connectivity index (χ0v) is 16.2. The maximum atomic E-state index is 12.4. The van der Waals surface area contributed by atoms with Gasteiger partial charge in [-0.3, -0.25) is 9.69 Å². The number of aliphatic hydroxyl groups is 2. The van der Waals surface area contributed by atoms with Gasteiger partial charge in [-0.2, -0.15) is 0 Å². The Morgan fingerprint density at radius 2 is 1.85 bits per heavy atom. The summed E-state index contributed by atoms with van der Waals surface area (Å²) >= 11 is 0. The summed E-state index contributed by atoms with van der Waals surface area (Å²) < 4.78 is 11.4. The summed E-state index contributed by atoms with van der Waals surface area (Å²) in [6.45, 7) is 2.17. The molecule has 0 radical (unpaired) electrons. The molecule has 1 aromatic carbocycles. The molecule has 0 saturated carbocycles. The van der Waals surface area contributed by atoms with Gasteiger partial charge in [0.25, 0.3) is 0 Å². The number of nitrogens with zero attached hydrogens (tertiary/aromatic N) is 1. The van der Waals surface area contributed by atoms with E-state index in [0.717, 1.165) is 31.2 Å². The van der Waals surface area contributed by atoms with E-state index >= 15 is 0 Å². The second kappa shape index (κ2) is 9.15. The predicted octanol–water partition coefficient (Wildman–Crippen LogP) is 1.70.